The molecule has 114 valence electrons. The van der Waals surface area contributed by atoms with Gasteiger partial charge in [0.1, 0.15) is 11.1 Å². The molecule has 0 radical (unpaired) electrons. The van der Waals surface area contributed by atoms with Crippen LogP contribution in [0.3, 0.4) is 0 Å². The number of rotatable bonds is 7. The van der Waals surface area contributed by atoms with Crippen molar-refractivity contribution in [2.24, 2.45) is 5.92 Å². The lowest BCUT2D eigenvalue weighted by Crippen LogP contribution is -2.17. The Labute approximate surface area is 127 Å². The molecule has 1 aromatic heterocycles. The Morgan fingerprint density at radius 1 is 1.30 bits per heavy atom. The normalized spacial score (nSPS) is 18.4. The van der Waals surface area contributed by atoms with E-state index in [9.17, 15) is 0 Å². The molecule has 4 heteroatoms. The van der Waals surface area contributed by atoms with E-state index in [0.29, 0.717) is 5.92 Å². The number of thiazole rings is 1. The number of hydrogen-bond acceptors (Lipinski definition) is 4. The Hall–Kier alpha value is -0.450. The summed E-state index contributed by atoms with van der Waals surface area (Å²) in [4.78, 5) is 6.27. The van der Waals surface area contributed by atoms with Crippen molar-refractivity contribution >= 4 is 11.3 Å². The minimum Gasteiger partial charge on any atom is -0.374 e. The quantitative estimate of drug-likeness (QED) is 0.823. The Kier molecular flexibility index (Phi) is 6.46. The number of ether oxygens (including phenoxy) is 1. The predicted molar refractivity (Wildman–Crippen MR) is 85.2 cm³/mol. The summed E-state index contributed by atoms with van der Waals surface area (Å²) in [6.07, 6.45) is 7.89. The van der Waals surface area contributed by atoms with Crippen LogP contribution in [0.5, 0.6) is 0 Å². The first-order chi connectivity index (χ1) is 9.80. The van der Waals surface area contributed by atoms with E-state index in [1.54, 1.807) is 0 Å². The molecule has 1 atom stereocenters. The van der Waals surface area contributed by atoms with Crippen LogP contribution in [0, 0.1) is 5.92 Å². The van der Waals surface area contributed by atoms with Gasteiger partial charge in [0, 0.05) is 18.5 Å². The maximum atomic E-state index is 5.82. The minimum absolute atomic E-state index is 0.209. The molecule has 1 fully saturated rings. The van der Waals surface area contributed by atoms with Crippen LogP contribution in [0.15, 0.2) is 0 Å². The molecule has 0 aliphatic heterocycles. The lowest BCUT2D eigenvalue weighted by atomic mass is 9.85. The van der Waals surface area contributed by atoms with E-state index in [1.165, 1.54) is 47.7 Å². The topological polar surface area (TPSA) is 34.1 Å². The van der Waals surface area contributed by atoms with E-state index in [4.69, 9.17) is 9.72 Å². The highest BCUT2D eigenvalue weighted by Gasteiger charge is 2.28. The van der Waals surface area contributed by atoms with Crippen molar-refractivity contribution in [2.45, 2.75) is 65.0 Å². The lowest BCUT2D eigenvalue weighted by Gasteiger charge is -2.27. The first-order valence-electron chi connectivity index (χ1n) is 8.02. The molecule has 20 heavy (non-hydrogen) atoms. The van der Waals surface area contributed by atoms with Gasteiger partial charge in [-0.25, -0.2) is 4.98 Å². The van der Waals surface area contributed by atoms with Crippen LogP contribution in [-0.4, -0.2) is 18.6 Å². The van der Waals surface area contributed by atoms with Gasteiger partial charge in [0.15, 0.2) is 0 Å². The summed E-state index contributed by atoms with van der Waals surface area (Å²) in [6, 6.07) is 0. The van der Waals surface area contributed by atoms with Gasteiger partial charge in [0.25, 0.3) is 0 Å². The van der Waals surface area contributed by atoms with Gasteiger partial charge < -0.3 is 10.1 Å². The zero-order chi connectivity index (χ0) is 14.4. The Bertz CT molecular complexity index is 399. The van der Waals surface area contributed by atoms with Crippen molar-refractivity contribution < 1.29 is 4.74 Å². The first kappa shape index (κ1) is 15.9. The monoisotopic (exact) mass is 296 g/mol. The van der Waals surface area contributed by atoms with Gasteiger partial charge in [-0.1, -0.05) is 33.1 Å². The van der Waals surface area contributed by atoms with Crippen LogP contribution in [-0.2, 0) is 17.7 Å². The molecule has 1 aromatic rings. The van der Waals surface area contributed by atoms with Gasteiger partial charge >= 0.3 is 0 Å². The maximum Gasteiger partial charge on any atom is 0.122 e. The summed E-state index contributed by atoms with van der Waals surface area (Å²) in [7, 11) is 1.84. The zero-order valence-corrected chi connectivity index (χ0v) is 13.9. The van der Waals surface area contributed by atoms with Crippen molar-refractivity contribution in [2.75, 3.05) is 13.7 Å². The molecule has 1 aliphatic rings. The Morgan fingerprint density at radius 3 is 2.65 bits per heavy atom. The fourth-order valence-corrected chi connectivity index (χ4v) is 4.40. The van der Waals surface area contributed by atoms with E-state index >= 15 is 0 Å². The largest absolute Gasteiger partial charge is 0.374 e. The van der Waals surface area contributed by atoms with Gasteiger partial charge in [-0.15, -0.1) is 11.3 Å². The molecule has 0 amide bonds. The number of hydrogen-bond donors (Lipinski definition) is 1. The van der Waals surface area contributed by atoms with E-state index < -0.39 is 0 Å². The highest BCUT2D eigenvalue weighted by molar-refractivity contribution is 7.11. The number of nitrogens with one attached hydrogen (secondary N) is 1. The van der Waals surface area contributed by atoms with Crippen molar-refractivity contribution in [3.05, 3.63) is 15.6 Å². The molecule has 0 aromatic carbocycles. The molecular weight excluding hydrogens is 268 g/mol. The minimum atomic E-state index is 0.209. The number of aromatic nitrogens is 1. The summed E-state index contributed by atoms with van der Waals surface area (Å²) in [6.45, 7) is 6.29. The Morgan fingerprint density at radius 2 is 2.05 bits per heavy atom. The van der Waals surface area contributed by atoms with E-state index in [0.717, 1.165) is 19.5 Å². The zero-order valence-electron chi connectivity index (χ0n) is 13.1. The average molecular weight is 296 g/mol. The molecular formula is C16H28N2OS. The third-order valence-electron chi connectivity index (χ3n) is 4.24. The molecule has 2 rings (SSSR count). The average Bonchev–Trinajstić information content (AvgIpc) is 2.90. The van der Waals surface area contributed by atoms with Crippen LogP contribution in [0.25, 0.3) is 0 Å². The van der Waals surface area contributed by atoms with Crippen molar-refractivity contribution in [1.29, 1.82) is 0 Å². The lowest BCUT2D eigenvalue weighted by molar-refractivity contribution is 0.0351. The van der Waals surface area contributed by atoms with Crippen LogP contribution in [0.2, 0.25) is 0 Å². The molecule has 1 saturated carbocycles. The van der Waals surface area contributed by atoms with Crippen LogP contribution >= 0.6 is 11.3 Å². The second-order valence-corrected chi connectivity index (χ2v) is 6.73. The van der Waals surface area contributed by atoms with Gasteiger partial charge in [-0.3, -0.25) is 0 Å². The number of nitrogens with zero attached hydrogens (tertiary/aromatic N) is 1. The van der Waals surface area contributed by atoms with Crippen molar-refractivity contribution in [3.8, 4) is 0 Å². The first-order valence-corrected chi connectivity index (χ1v) is 8.83. The number of aryl methyl sites for hydroxylation is 1. The van der Waals surface area contributed by atoms with Crippen molar-refractivity contribution in [1.82, 2.24) is 10.3 Å². The fraction of sp³-hybridized carbons (Fsp3) is 0.812. The summed E-state index contributed by atoms with van der Waals surface area (Å²) in [5.41, 5.74) is 1.25. The SMILES string of the molecule is CCNCc1sc(C(OC)C2CCCCC2)nc1CC. The molecule has 1 unspecified atom stereocenters. The van der Waals surface area contributed by atoms with Crippen LogP contribution < -0.4 is 5.32 Å². The number of methoxy groups -OCH3 is 1. The maximum absolute atomic E-state index is 5.82. The Balaban J connectivity index is 2.13. The standard InChI is InChI=1S/C16H28N2OS/c1-4-13-14(11-17-5-2)20-16(18-13)15(19-3)12-9-7-6-8-10-12/h12,15,17H,4-11H2,1-3H3. The molecule has 0 bridgehead atoms. The van der Waals surface area contributed by atoms with Crippen molar-refractivity contribution in [3.63, 3.8) is 0 Å². The van der Waals surface area contributed by atoms with Gasteiger partial charge in [-0.05, 0) is 31.7 Å². The molecule has 3 nitrogen and oxygen atoms in total. The van der Waals surface area contributed by atoms with E-state index in [2.05, 4.69) is 19.2 Å². The summed E-state index contributed by atoms with van der Waals surface area (Å²) < 4.78 is 5.82. The molecule has 1 heterocycles. The van der Waals surface area contributed by atoms with Crippen LogP contribution in [0.4, 0.5) is 0 Å². The highest BCUT2D eigenvalue weighted by atomic mass is 32.1. The predicted octanol–water partition coefficient (Wildman–Crippen LogP) is 4.08. The third-order valence-corrected chi connectivity index (χ3v) is 5.40. The molecule has 1 aliphatic carbocycles. The summed E-state index contributed by atoms with van der Waals surface area (Å²) in [5.74, 6) is 0.664. The van der Waals surface area contributed by atoms with Gasteiger partial charge in [0.05, 0.1) is 5.69 Å². The van der Waals surface area contributed by atoms with Gasteiger partial charge in [0.2, 0.25) is 0 Å². The van der Waals surface area contributed by atoms with E-state index in [-0.39, 0.29) is 6.10 Å². The fourth-order valence-electron chi connectivity index (χ4n) is 3.11. The van der Waals surface area contributed by atoms with Crippen LogP contribution in [0.1, 0.15) is 67.6 Å². The molecule has 0 spiro atoms. The molecule has 0 saturated heterocycles. The summed E-state index contributed by atoms with van der Waals surface area (Å²) in [5, 5.41) is 4.62. The van der Waals surface area contributed by atoms with E-state index in [1.807, 2.05) is 18.4 Å². The third kappa shape index (κ3) is 3.80. The second-order valence-electron chi connectivity index (χ2n) is 5.61. The molecule has 1 N–H and O–H groups in total. The van der Waals surface area contributed by atoms with Gasteiger partial charge in [-0.2, -0.15) is 0 Å². The smallest absolute Gasteiger partial charge is 0.122 e. The highest BCUT2D eigenvalue weighted by Crippen LogP contribution is 2.38. The summed E-state index contributed by atoms with van der Waals surface area (Å²) >= 11 is 1.85. The second kappa shape index (κ2) is 8.11.